The Morgan fingerprint density at radius 3 is 2.15 bits per heavy atom. The van der Waals surface area contributed by atoms with Gasteiger partial charge in [0.05, 0.1) is 0 Å². The van der Waals surface area contributed by atoms with E-state index in [2.05, 4.69) is 0 Å². The first-order valence-corrected chi connectivity index (χ1v) is 9.57. The summed E-state index contributed by atoms with van der Waals surface area (Å²) in [6, 6.07) is 3.47. The molecule has 0 amide bonds. The summed E-state index contributed by atoms with van der Waals surface area (Å²) >= 11 is 5.72. The van der Waals surface area contributed by atoms with E-state index in [0.29, 0.717) is 0 Å². The molecule has 0 fully saturated rings. The van der Waals surface area contributed by atoms with Crippen molar-refractivity contribution >= 4 is 21.6 Å². The van der Waals surface area contributed by atoms with Gasteiger partial charge >= 0.3 is 6.18 Å². The van der Waals surface area contributed by atoms with E-state index < -0.39 is 27.8 Å². The summed E-state index contributed by atoms with van der Waals surface area (Å²) in [5.41, 5.74) is -0.518. The number of benzene rings is 1. The summed E-state index contributed by atoms with van der Waals surface area (Å²) in [5.74, 6) is 0. The average molecular weight is 423 g/mol. The third-order valence-corrected chi connectivity index (χ3v) is 6.56. The highest BCUT2D eigenvalue weighted by Gasteiger charge is 2.48. The fourth-order valence-corrected chi connectivity index (χ4v) is 4.54. The van der Waals surface area contributed by atoms with Crippen molar-refractivity contribution in [2.75, 3.05) is 7.05 Å². The maximum atomic E-state index is 13.7. The fraction of sp³-hybridized carbons (Fsp3) is 0.353. The van der Waals surface area contributed by atoms with Crippen LogP contribution in [0.1, 0.15) is 22.9 Å². The van der Waals surface area contributed by atoms with E-state index in [0.717, 1.165) is 29.8 Å². The van der Waals surface area contributed by atoms with Crippen molar-refractivity contribution in [2.45, 2.75) is 31.0 Å². The largest absolute Gasteiger partial charge is 0.409 e. The second kappa shape index (κ2) is 7.29. The topological polar surface area (TPSA) is 59.4 Å². The van der Waals surface area contributed by atoms with Crippen molar-refractivity contribution < 1.29 is 21.6 Å². The van der Waals surface area contributed by atoms with Gasteiger partial charge < -0.3 is 4.57 Å². The number of aromatic nitrogens is 1. The SMILES string of the molecule is Cc1cc(S(=O)(=O)N(C)C(c2ccc(Cl)cc2)C(F)(F)F)c(C)n(C)c1=O. The van der Waals surface area contributed by atoms with Crippen molar-refractivity contribution in [3.63, 3.8) is 0 Å². The fourth-order valence-electron chi connectivity index (χ4n) is 2.75. The maximum Gasteiger partial charge on any atom is 0.409 e. The van der Waals surface area contributed by atoms with Crippen LogP contribution in [-0.4, -0.2) is 30.5 Å². The quantitative estimate of drug-likeness (QED) is 0.756. The first kappa shape index (κ1) is 21.5. The molecule has 27 heavy (non-hydrogen) atoms. The van der Waals surface area contributed by atoms with Crippen molar-refractivity contribution in [3.05, 3.63) is 62.5 Å². The molecule has 0 radical (unpaired) electrons. The number of aryl methyl sites for hydroxylation is 1. The number of sulfonamides is 1. The summed E-state index contributed by atoms with van der Waals surface area (Å²) in [6.45, 7) is 2.77. The first-order chi connectivity index (χ1) is 12.3. The Kier molecular flexibility index (Phi) is 5.79. The second-order valence-corrected chi connectivity index (χ2v) is 8.56. The highest BCUT2D eigenvalue weighted by molar-refractivity contribution is 7.89. The van der Waals surface area contributed by atoms with Gasteiger partial charge in [0, 0.05) is 30.4 Å². The Hall–Kier alpha value is -1.84. The van der Waals surface area contributed by atoms with E-state index in [-0.39, 0.29) is 31.0 Å². The lowest BCUT2D eigenvalue weighted by atomic mass is 10.1. The van der Waals surface area contributed by atoms with Gasteiger partial charge in [-0.15, -0.1) is 0 Å². The molecule has 1 aromatic heterocycles. The Morgan fingerprint density at radius 2 is 1.67 bits per heavy atom. The predicted molar refractivity (Wildman–Crippen MR) is 96.4 cm³/mol. The number of pyridine rings is 1. The molecule has 148 valence electrons. The minimum absolute atomic E-state index is 0.0504. The highest BCUT2D eigenvalue weighted by Crippen LogP contribution is 2.40. The molecule has 1 heterocycles. The van der Waals surface area contributed by atoms with Gasteiger partial charge in [0.2, 0.25) is 10.0 Å². The van der Waals surface area contributed by atoms with Gasteiger partial charge in [-0.3, -0.25) is 4.79 Å². The van der Waals surface area contributed by atoms with Gasteiger partial charge in [-0.25, -0.2) is 8.42 Å². The molecule has 1 unspecified atom stereocenters. The van der Waals surface area contributed by atoms with Crippen molar-refractivity contribution in [2.24, 2.45) is 7.05 Å². The Bertz CT molecular complexity index is 1020. The van der Waals surface area contributed by atoms with Gasteiger partial charge in [-0.05, 0) is 37.6 Å². The minimum atomic E-state index is -4.86. The summed E-state index contributed by atoms with van der Waals surface area (Å²) in [7, 11) is -2.32. The van der Waals surface area contributed by atoms with Crippen LogP contribution < -0.4 is 5.56 Å². The van der Waals surface area contributed by atoms with E-state index in [1.165, 1.54) is 33.0 Å². The van der Waals surface area contributed by atoms with Crippen LogP contribution >= 0.6 is 11.6 Å². The molecular formula is C17H18ClF3N2O3S. The lowest BCUT2D eigenvalue weighted by molar-refractivity contribution is -0.171. The molecular weight excluding hydrogens is 405 g/mol. The number of rotatable bonds is 4. The molecule has 0 aliphatic carbocycles. The first-order valence-electron chi connectivity index (χ1n) is 7.76. The molecule has 0 bridgehead atoms. The number of nitrogens with zero attached hydrogens (tertiary/aromatic N) is 2. The Morgan fingerprint density at radius 1 is 1.15 bits per heavy atom. The number of hydrogen-bond acceptors (Lipinski definition) is 3. The average Bonchev–Trinajstić information content (AvgIpc) is 2.56. The zero-order valence-electron chi connectivity index (χ0n) is 15.0. The van der Waals surface area contributed by atoms with Crippen LogP contribution in [-0.2, 0) is 17.1 Å². The molecule has 0 N–H and O–H groups in total. The van der Waals surface area contributed by atoms with Crippen molar-refractivity contribution in [1.82, 2.24) is 8.87 Å². The zero-order valence-corrected chi connectivity index (χ0v) is 16.6. The molecule has 10 heteroatoms. The van der Waals surface area contributed by atoms with Crippen LogP contribution in [0, 0.1) is 13.8 Å². The summed E-state index contributed by atoms with van der Waals surface area (Å²) in [5, 5.41) is 0.231. The third kappa shape index (κ3) is 4.04. The standard InChI is InChI=1S/C17H18ClF3N2O3S/c1-10-9-14(11(2)22(3)16(10)24)27(25,26)23(4)15(17(19,20)21)12-5-7-13(18)8-6-12/h5-9,15H,1-4H3. The van der Waals surface area contributed by atoms with Gasteiger partial charge in [0.25, 0.3) is 5.56 Å². The van der Waals surface area contributed by atoms with Gasteiger partial charge in [0.1, 0.15) is 10.9 Å². The van der Waals surface area contributed by atoms with Crippen LogP contribution in [0.5, 0.6) is 0 Å². The van der Waals surface area contributed by atoms with Gasteiger partial charge in [-0.2, -0.15) is 17.5 Å². The zero-order chi connectivity index (χ0) is 20.7. The minimum Gasteiger partial charge on any atom is -0.314 e. The molecule has 0 aliphatic rings. The van der Waals surface area contributed by atoms with Gasteiger partial charge in [-0.1, -0.05) is 23.7 Å². The molecule has 1 atom stereocenters. The highest BCUT2D eigenvalue weighted by atomic mass is 35.5. The van der Waals surface area contributed by atoms with Crippen LogP contribution in [0.2, 0.25) is 5.02 Å². The van der Waals surface area contributed by atoms with Crippen molar-refractivity contribution in [1.29, 1.82) is 0 Å². The van der Waals surface area contributed by atoms with E-state index >= 15 is 0 Å². The number of hydrogen-bond donors (Lipinski definition) is 0. The molecule has 5 nitrogen and oxygen atoms in total. The van der Waals surface area contributed by atoms with E-state index in [4.69, 9.17) is 11.6 Å². The lowest BCUT2D eigenvalue weighted by Gasteiger charge is -2.30. The second-order valence-electron chi connectivity index (χ2n) is 6.16. The summed E-state index contributed by atoms with van der Waals surface area (Å²) in [4.78, 5) is 11.6. The Balaban J connectivity index is 2.66. The molecule has 0 aliphatic heterocycles. The van der Waals surface area contributed by atoms with Crippen LogP contribution in [0.4, 0.5) is 13.2 Å². The monoisotopic (exact) mass is 422 g/mol. The van der Waals surface area contributed by atoms with E-state index in [1.807, 2.05) is 0 Å². The summed E-state index contributed by atoms with van der Waals surface area (Å²) in [6.07, 6.45) is -4.86. The van der Waals surface area contributed by atoms with Crippen LogP contribution in [0.3, 0.4) is 0 Å². The lowest BCUT2D eigenvalue weighted by Crippen LogP contribution is -2.40. The molecule has 2 rings (SSSR count). The molecule has 1 aromatic carbocycles. The molecule has 0 saturated heterocycles. The molecule has 2 aromatic rings. The van der Waals surface area contributed by atoms with Crippen LogP contribution in [0.15, 0.2) is 40.0 Å². The normalized spacial score (nSPS) is 13.8. The Labute approximate surface area is 160 Å². The smallest absolute Gasteiger partial charge is 0.314 e. The number of alkyl halides is 3. The van der Waals surface area contributed by atoms with E-state index in [1.54, 1.807) is 0 Å². The van der Waals surface area contributed by atoms with Gasteiger partial charge in [0.15, 0.2) is 0 Å². The molecule has 0 saturated carbocycles. The van der Waals surface area contributed by atoms with Crippen molar-refractivity contribution in [3.8, 4) is 0 Å². The summed E-state index contributed by atoms with van der Waals surface area (Å²) < 4.78 is 68.5. The van der Waals surface area contributed by atoms with Crippen LogP contribution in [0.25, 0.3) is 0 Å². The van der Waals surface area contributed by atoms with E-state index in [9.17, 15) is 26.4 Å². The molecule has 0 spiro atoms. The maximum absolute atomic E-state index is 13.7. The predicted octanol–water partition coefficient (Wildman–Crippen LogP) is 3.58. The number of halogens is 4. The third-order valence-electron chi connectivity index (χ3n) is 4.37.